The molecule has 128 valence electrons. The molecule has 0 amide bonds. The van der Waals surface area contributed by atoms with Crippen LogP contribution in [-0.2, 0) is 19.8 Å². The zero-order chi connectivity index (χ0) is 17.1. The molecular formula is C17H28N2O3Si. The van der Waals surface area contributed by atoms with Gasteiger partial charge >= 0.3 is 8.80 Å². The van der Waals surface area contributed by atoms with Crippen LogP contribution in [0.3, 0.4) is 0 Å². The minimum atomic E-state index is -2.73. The minimum absolute atomic E-state index is 0.149. The molecule has 0 aliphatic carbocycles. The molecule has 6 heteroatoms. The van der Waals surface area contributed by atoms with E-state index in [0.29, 0.717) is 0 Å². The van der Waals surface area contributed by atoms with Crippen LogP contribution < -0.4 is 5.19 Å². The first-order chi connectivity index (χ1) is 10.8. The third kappa shape index (κ3) is 3.95. The van der Waals surface area contributed by atoms with Gasteiger partial charge in [-0.2, -0.15) is 0 Å². The maximum Gasteiger partial charge on any atom is 0.536 e. The van der Waals surface area contributed by atoms with E-state index >= 15 is 0 Å². The smallest absolute Gasteiger partial charge is 0.373 e. The average Bonchev–Trinajstić information content (AvgIpc) is 3.00. The van der Waals surface area contributed by atoms with Crippen LogP contribution in [0.2, 0.25) is 0 Å². The van der Waals surface area contributed by atoms with Gasteiger partial charge in [-0.1, -0.05) is 24.3 Å². The van der Waals surface area contributed by atoms with E-state index in [1.54, 1.807) is 21.3 Å². The Labute approximate surface area is 140 Å². The Kier molecular flexibility index (Phi) is 5.51. The molecule has 1 aliphatic rings. The molecule has 0 aromatic heterocycles. The zero-order valence-electron chi connectivity index (χ0n) is 15.0. The SMILES string of the molecule is CO[Si](OC)(OC)c1ccc(CN2C=CN(C(C)(C)C)C2)cc1. The molecule has 0 unspecified atom stereocenters. The van der Waals surface area contributed by atoms with E-state index in [1.807, 2.05) is 12.1 Å². The zero-order valence-corrected chi connectivity index (χ0v) is 16.0. The molecule has 1 aromatic rings. The van der Waals surface area contributed by atoms with Gasteiger partial charge in [0.2, 0.25) is 0 Å². The van der Waals surface area contributed by atoms with Gasteiger partial charge in [0.05, 0.1) is 6.67 Å². The van der Waals surface area contributed by atoms with Gasteiger partial charge in [0.15, 0.2) is 0 Å². The fourth-order valence-corrected chi connectivity index (χ4v) is 4.44. The lowest BCUT2D eigenvalue weighted by molar-refractivity contribution is 0.140. The van der Waals surface area contributed by atoms with Gasteiger partial charge in [0.25, 0.3) is 0 Å². The highest BCUT2D eigenvalue weighted by molar-refractivity contribution is 6.75. The molecule has 0 atom stereocenters. The van der Waals surface area contributed by atoms with Gasteiger partial charge in [-0.05, 0) is 26.3 Å². The summed E-state index contributed by atoms with van der Waals surface area (Å²) in [5.74, 6) is 0. The Bertz CT molecular complexity index is 527. The molecule has 5 nitrogen and oxygen atoms in total. The first-order valence-corrected chi connectivity index (χ1v) is 9.51. The van der Waals surface area contributed by atoms with Crippen LogP contribution >= 0.6 is 0 Å². The van der Waals surface area contributed by atoms with Crippen molar-refractivity contribution in [2.75, 3.05) is 28.0 Å². The van der Waals surface area contributed by atoms with E-state index in [9.17, 15) is 0 Å². The summed E-state index contributed by atoms with van der Waals surface area (Å²) < 4.78 is 16.5. The second-order valence-electron chi connectivity index (χ2n) is 6.69. The van der Waals surface area contributed by atoms with Gasteiger partial charge in [0, 0.05) is 51.0 Å². The largest absolute Gasteiger partial charge is 0.536 e. The van der Waals surface area contributed by atoms with Crippen molar-refractivity contribution in [2.45, 2.75) is 32.9 Å². The minimum Gasteiger partial charge on any atom is -0.373 e. The lowest BCUT2D eigenvalue weighted by Crippen LogP contribution is -2.54. The van der Waals surface area contributed by atoms with Gasteiger partial charge in [-0.3, -0.25) is 0 Å². The average molecular weight is 337 g/mol. The number of benzene rings is 1. The number of rotatable bonds is 6. The quantitative estimate of drug-likeness (QED) is 0.744. The predicted molar refractivity (Wildman–Crippen MR) is 94.0 cm³/mol. The van der Waals surface area contributed by atoms with Gasteiger partial charge in [0.1, 0.15) is 0 Å². The van der Waals surface area contributed by atoms with Crippen LogP contribution in [0.5, 0.6) is 0 Å². The van der Waals surface area contributed by atoms with E-state index < -0.39 is 8.80 Å². The molecule has 1 aliphatic heterocycles. The third-order valence-corrected chi connectivity index (χ3v) is 6.81. The normalized spacial score (nSPS) is 15.6. The molecule has 0 radical (unpaired) electrons. The Hall–Kier alpha value is -1.34. The maximum atomic E-state index is 5.51. The maximum absolute atomic E-state index is 5.51. The standard InChI is InChI=1S/C17H28N2O3Si/c1-17(2,3)19-12-11-18(14-19)13-15-7-9-16(10-8-15)23(20-4,21-5)22-6/h7-12H,13-14H2,1-6H3. The van der Waals surface area contributed by atoms with Crippen molar-refractivity contribution in [1.82, 2.24) is 9.80 Å². The van der Waals surface area contributed by atoms with Crippen LogP contribution in [0.25, 0.3) is 0 Å². The summed E-state index contributed by atoms with van der Waals surface area (Å²) in [6.45, 7) is 8.46. The summed E-state index contributed by atoms with van der Waals surface area (Å²) in [4.78, 5) is 4.63. The lowest BCUT2D eigenvalue weighted by Gasteiger charge is -2.33. The number of hydrogen-bond acceptors (Lipinski definition) is 5. The summed E-state index contributed by atoms with van der Waals surface area (Å²) in [7, 11) is 2.15. The predicted octanol–water partition coefficient (Wildman–Crippen LogP) is 2.12. The Balaban J connectivity index is 2.03. The first kappa shape index (κ1) is 18.0. The van der Waals surface area contributed by atoms with Gasteiger partial charge < -0.3 is 23.1 Å². The third-order valence-electron chi connectivity index (χ3n) is 4.15. The van der Waals surface area contributed by atoms with E-state index in [1.165, 1.54) is 5.56 Å². The monoisotopic (exact) mass is 336 g/mol. The highest BCUT2D eigenvalue weighted by Gasteiger charge is 2.40. The number of hydrogen-bond donors (Lipinski definition) is 0. The first-order valence-electron chi connectivity index (χ1n) is 7.78. The fourth-order valence-electron chi connectivity index (χ4n) is 2.66. The number of nitrogens with zero attached hydrogens (tertiary/aromatic N) is 2. The van der Waals surface area contributed by atoms with E-state index in [0.717, 1.165) is 18.4 Å². The summed E-state index contributed by atoms with van der Waals surface area (Å²) >= 11 is 0. The molecule has 23 heavy (non-hydrogen) atoms. The second-order valence-corrected chi connectivity index (χ2v) is 9.61. The van der Waals surface area contributed by atoms with Crippen molar-refractivity contribution in [2.24, 2.45) is 0 Å². The molecule has 1 heterocycles. The van der Waals surface area contributed by atoms with Crippen LogP contribution in [0.4, 0.5) is 0 Å². The highest BCUT2D eigenvalue weighted by atomic mass is 28.4. The van der Waals surface area contributed by atoms with Crippen LogP contribution in [0.1, 0.15) is 26.3 Å². The molecule has 0 saturated heterocycles. The Morgan fingerprint density at radius 2 is 1.52 bits per heavy atom. The molecule has 0 fully saturated rings. The van der Waals surface area contributed by atoms with Crippen LogP contribution in [0.15, 0.2) is 36.7 Å². The van der Waals surface area contributed by atoms with E-state index in [4.69, 9.17) is 13.3 Å². The lowest BCUT2D eigenvalue weighted by atomic mass is 10.1. The molecular weight excluding hydrogens is 308 g/mol. The van der Waals surface area contributed by atoms with E-state index in [2.05, 4.69) is 55.1 Å². The molecule has 0 bridgehead atoms. The van der Waals surface area contributed by atoms with Crippen molar-refractivity contribution in [1.29, 1.82) is 0 Å². The molecule has 0 saturated carbocycles. The van der Waals surface area contributed by atoms with Crippen molar-refractivity contribution < 1.29 is 13.3 Å². The van der Waals surface area contributed by atoms with E-state index in [-0.39, 0.29) is 5.54 Å². The molecule has 0 N–H and O–H groups in total. The summed E-state index contributed by atoms with van der Waals surface area (Å²) in [6, 6.07) is 8.31. The van der Waals surface area contributed by atoms with Crippen molar-refractivity contribution in [3.05, 3.63) is 42.2 Å². The summed E-state index contributed by atoms with van der Waals surface area (Å²) in [5.41, 5.74) is 1.40. The second kappa shape index (κ2) is 7.05. The molecule has 2 rings (SSSR count). The summed E-state index contributed by atoms with van der Waals surface area (Å²) in [5, 5.41) is 0.974. The molecule has 1 aromatic carbocycles. The van der Waals surface area contributed by atoms with Crippen LogP contribution in [-0.4, -0.2) is 52.1 Å². The van der Waals surface area contributed by atoms with Gasteiger partial charge in [-0.25, -0.2) is 0 Å². The Morgan fingerprint density at radius 1 is 0.957 bits per heavy atom. The van der Waals surface area contributed by atoms with Crippen LogP contribution in [0, 0.1) is 0 Å². The van der Waals surface area contributed by atoms with Crippen molar-refractivity contribution in [3.63, 3.8) is 0 Å². The van der Waals surface area contributed by atoms with Crippen molar-refractivity contribution in [3.8, 4) is 0 Å². The Morgan fingerprint density at radius 3 is 1.96 bits per heavy atom. The van der Waals surface area contributed by atoms with Gasteiger partial charge in [-0.15, -0.1) is 0 Å². The fraction of sp³-hybridized carbons (Fsp3) is 0.529. The summed E-state index contributed by atoms with van der Waals surface area (Å²) in [6.07, 6.45) is 4.31. The topological polar surface area (TPSA) is 34.2 Å². The van der Waals surface area contributed by atoms with Crippen molar-refractivity contribution >= 4 is 14.0 Å². The highest BCUT2D eigenvalue weighted by Crippen LogP contribution is 2.20. The molecule has 0 spiro atoms.